The molecule has 5 nitrogen and oxygen atoms in total. The molecule has 0 bridgehead atoms. The SMILES string of the molecule is CN(C)C(=O)C1CCN(C(=O)c2ccc(-c3nc4ccccc4s3)s2)CC1. The van der Waals surface area contributed by atoms with E-state index in [1.807, 2.05) is 35.2 Å². The van der Waals surface area contributed by atoms with Gasteiger partial charge in [0.1, 0.15) is 5.01 Å². The number of benzene rings is 1. The molecule has 2 amide bonds. The first-order valence-corrected chi connectivity index (χ1v) is 10.6. The number of para-hydroxylation sites is 1. The van der Waals surface area contributed by atoms with Crippen LogP contribution < -0.4 is 0 Å². The molecule has 0 spiro atoms. The number of thiophene rings is 1. The van der Waals surface area contributed by atoms with Gasteiger partial charge in [-0.1, -0.05) is 12.1 Å². The standard InChI is InChI=1S/C20H21N3O2S2/c1-22(2)19(24)13-9-11-23(12-10-13)20(25)17-8-7-16(26-17)18-21-14-5-3-4-6-15(14)27-18/h3-8,13H,9-12H2,1-2H3. The number of rotatable bonds is 3. The van der Waals surface area contributed by atoms with E-state index in [9.17, 15) is 9.59 Å². The van der Waals surface area contributed by atoms with Crippen LogP contribution in [0.25, 0.3) is 20.1 Å². The Morgan fingerprint density at radius 1 is 1.07 bits per heavy atom. The van der Waals surface area contributed by atoms with Crippen LogP contribution in [0.15, 0.2) is 36.4 Å². The quantitative estimate of drug-likeness (QED) is 0.670. The van der Waals surface area contributed by atoms with Crippen molar-refractivity contribution in [3.05, 3.63) is 41.3 Å². The van der Waals surface area contributed by atoms with E-state index in [4.69, 9.17) is 0 Å². The average Bonchev–Trinajstić information content (AvgIpc) is 3.33. The molecule has 1 saturated heterocycles. The minimum absolute atomic E-state index is 0.0331. The van der Waals surface area contributed by atoms with Crippen molar-refractivity contribution in [1.82, 2.24) is 14.8 Å². The highest BCUT2D eigenvalue weighted by Gasteiger charge is 2.29. The van der Waals surface area contributed by atoms with Gasteiger partial charge in [0, 0.05) is 33.1 Å². The average molecular weight is 400 g/mol. The summed E-state index contributed by atoms with van der Waals surface area (Å²) >= 11 is 3.15. The summed E-state index contributed by atoms with van der Waals surface area (Å²) in [5.74, 6) is 0.255. The molecule has 4 rings (SSSR count). The second-order valence-electron chi connectivity index (χ2n) is 6.95. The molecule has 0 atom stereocenters. The van der Waals surface area contributed by atoms with Crippen LogP contribution in [0.3, 0.4) is 0 Å². The maximum absolute atomic E-state index is 12.9. The lowest BCUT2D eigenvalue weighted by Crippen LogP contribution is -2.42. The fraction of sp³-hybridized carbons (Fsp3) is 0.350. The van der Waals surface area contributed by atoms with Crippen molar-refractivity contribution in [2.75, 3.05) is 27.2 Å². The van der Waals surface area contributed by atoms with Crippen molar-refractivity contribution >= 4 is 44.7 Å². The zero-order valence-corrected chi connectivity index (χ0v) is 17.0. The number of carbonyl (C=O) groups is 2. The summed E-state index contributed by atoms with van der Waals surface area (Å²) in [6.07, 6.45) is 1.47. The van der Waals surface area contributed by atoms with Crippen molar-refractivity contribution in [1.29, 1.82) is 0 Å². The summed E-state index contributed by atoms with van der Waals surface area (Å²) in [5.41, 5.74) is 0.992. The molecular weight excluding hydrogens is 378 g/mol. The van der Waals surface area contributed by atoms with Gasteiger partial charge in [0.05, 0.1) is 20.0 Å². The molecule has 1 aromatic carbocycles. The fourth-order valence-corrected chi connectivity index (χ4v) is 5.39. The number of thiazole rings is 1. The number of carbonyl (C=O) groups excluding carboxylic acids is 2. The summed E-state index contributed by atoms with van der Waals surface area (Å²) in [7, 11) is 3.57. The number of amides is 2. The van der Waals surface area contributed by atoms with Crippen LogP contribution in [0.4, 0.5) is 0 Å². The second kappa shape index (κ2) is 7.40. The topological polar surface area (TPSA) is 53.5 Å². The molecule has 0 saturated carbocycles. The molecule has 1 fully saturated rings. The molecule has 0 N–H and O–H groups in total. The van der Waals surface area contributed by atoms with E-state index in [1.165, 1.54) is 11.3 Å². The van der Waals surface area contributed by atoms with Gasteiger partial charge < -0.3 is 9.80 Å². The van der Waals surface area contributed by atoms with Gasteiger partial charge in [-0.25, -0.2) is 4.98 Å². The highest BCUT2D eigenvalue weighted by atomic mass is 32.1. The summed E-state index contributed by atoms with van der Waals surface area (Å²) in [6.45, 7) is 1.27. The Labute approximate surface area is 166 Å². The lowest BCUT2D eigenvalue weighted by atomic mass is 9.95. The van der Waals surface area contributed by atoms with Crippen LogP contribution in [0.5, 0.6) is 0 Å². The molecule has 7 heteroatoms. The predicted molar refractivity (Wildman–Crippen MR) is 110 cm³/mol. The van der Waals surface area contributed by atoms with E-state index in [0.717, 1.165) is 37.8 Å². The zero-order chi connectivity index (χ0) is 19.0. The number of nitrogens with zero attached hydrogens (tertiary/aromatic N) is 3. The Kier molecular flexibility index (Phi) is 4.97. The lowest BCUT2D eigenvalue weighted by Gasteiger charge is -2.32. The van der Waals surface area contributed by atoms with E-state index in [2.05, 4.69) is 11.1 Å². The largest absolute Gasteiger partial charge is 0.349 e. The molecule has 3 heterocycles. The maximum atomic E-state index is 12.9. The van der Waals surface area contributed by atoms with E-state index >= 15 is 0 Å². The number of likely N-dealkylation sites (tertiary alicyclic amines) is 1. The number of hydrogen-bond acceptors (Lipinski definition) is 5. The summed E-state index contributed by atoms with van der Waals surface area (Å²) in [4.78, 5) is 34.9. The van der Waals surface area contributed by atoms with Crippen LogP contribution in [0.1, 0.15) is 22.5 Å². The molecule has 3 aromatic rings. The summed E-state index contributed by atoms with van der Waals surface area (Å²) in [6, 6.07) is 11.9. The normalized spacial score (nSPS) is 15.3. The molecule has 0 unspecified atom stereocenters. The van der Waals surface area contributed by atoms with Gasteiger partial charge in [-0.3, -0.25) is 9.59 Å². The molecule has 0 radical (unpaired) electrons. The minimum Gasteiger partial charge on any atom is -0.349 e. The van der Waals surface area contributed by atoms with Gasteiger partial charge in [-0.15, -0.1) is 22.7 Å². The number of fused-ring (bicyclic) bond motifs is 1. The van der Waals surface area contributed by atoms with Crippen LogP contribution in [-0.2, 0) is 4.79 Å². The molecule has 1 aliphatic heterocycles. The Bertz CT molecular complexity index is 951. The number of hydrogen-bond donors (Lipinski definition) is 0. The van der Waals surface area contributed by atoms with Crippen LogP contribution in [0.2, 0.25) is 0 Å². The molecular formula is C20H21N3O2S2. The molecule has 27 heavy (non-hydrogen) atoms. The zero-order valence-electron chi connectivity index (χ0n) is 15.3. The summed E-state index contributed by atoms with van der Waals surface area (Å²) < 4.78 is 1.15. The minimum atomic E-state index is 0.0331. The van der Waals surface area contributed by atoms with E-state index in [0.29, 0.717) is 13.1 Å². The van der Waals surface area contributed by atoms with Crippen molar-refractivity contribution in [3.63, 3.8) is 0 Å². The first-order chi connectivity index (χ1) is 13.0. The molecule has 140 valence electrons. The highest BCUT2D eigenvalue weighted by molar-refractivity contribution is 7.26. The van der Waals surface area contributed by atoms with Crippen molar-refractivity contribution in [3.8, 4) is 9.88 Å². The van der Waals surface area contributed by atoms with E-state index in [-0.39, 0.29) is 17.7 Å². The number of piperidine rings is 1. The third-order valence-corrected chi connectivity index (χ3v) is 7.17. The monoisotopic (exact) mass is 399 g/mol. The van der Waals surface area contributed by atoms with Gasteiger partial charge in [-0.05, 0) is 37.1 Å². The maximum Gasteiger partial charge on any atom is 0.263 e. The Morgan fingerprint density at radius 2 is 1.81 bits per heavy atom. The van der Waals surface area contributed by atoms with Crippen LogP contribution >= 0.6 is 22.7 Å². The Balaban J connectivity index is 1.45. The van der Waals surface area contributed by atoms with Crippen LogP contribution in [0, 0.1) is 5.92 Å². The molecule has 2 aromatic heterocycles. The summed E-state index contributed by atoms with van der Waals surface area (Å²) in [5, 5.41) is 0.954. The third kappa shape index (κ3) is 3.61. The third-order valence-electron chi connectivity index (χ3n) is 4.89. The number of aromatic nitrogens is 1. The first-order valence-electron chi connectivity index (χ1n) is 8.99. The lowest BCUT2D eigenvalue weighted by molar-refractivity contribution is -0.134. The van der Waals surface area contributed by atoms with Gasteiger partial charge in [0.2, 0.25) is 5.91 Å². The van der Waals surface area contributed by atoms with Crippen molar-refractivity contribution < 1.29 is 9.59 Å². The van der Waals surface area contributed by atoms with Gasteiger partial charge in [0.15, 0.2) is 0 Å². The van der Waals surface area contributed by atoms with E-state index < -0.39 is 0 Å². The van der Waals surface area contributed by atoms with Gasteiger partial charge in [-0.2, -0.15) is 0 Å². The van der Waals surface area contributed by atoms with Gasteiger partial charge in [0.25, 0.3) is 5.91 Å². The Morgan fingerprint density at radius 3 is 2.52 bits per heavy atom. The highest BCUT2D eigenvalue weighted by Crippen LogP contribution is 2.35. The Hall–Kier alpha value is -2.25. The van der Waals surface area contributed by atoms with E-state index in [1.54, 1.807) is 30.3 Å². The fourth-order valence-electron chi connectivity index (χ4n) is 3.40. The van der Waals surface area contributed by atoms with Crippen molar-refractivity contribution in [2.45, 2.75) is 12.8 Å². The van der Waals surface area contributed by atoms with Crippen LogP contribution in [-0.4, -0.2) is 53.8 Å². The van der Waals surface area contributed by atoms with Gasteiger partial charge >= 0.3 is 0 Å². The second-order valence-corrected chi connectivity index (χ2v) is 9.06. The first kappa shape index (κ1) is 18.1. The predicted octanol–water partition coefficient (Wildman–Crippen LogP) is 3.97. The van der Waals surface area contributed by atoms with Crippen molar-refractivity contribution in [2.24, 2.45) is 5.92 Å². The molecule has 0 aliphatic carbocycles. The smallest absolute Gasteiger partial charge is 0.263 e. The molecule has 1 aliphatic rings.